The van der Waals surface area contributed by atoms with Gasteiger partial charge in [0.1, 0.15) is 0 Å². The average molecular weight is 752 g/mol. The second-order valence-corrected chi connectivity index (χ2v) is 11.1. The van der Waals surface area contributed by atoms with E-state index < -0.39 is 12.1 Å². The van der Waals surface area contributed by atoms with Crippen LogP contribution in [0.4, 0.5) is 32.3 Å². The van der Waals surface area contributed by atoms with Crippen molar-refractivity contribution in [3.05, 3.63) is 102 Å². The third kappa shape index (κ3) is 9.09. The Morgan fingerprint density at radius 1 is 0.550 bits per heavy atom. The Morgan fingerprint density at radius 2 is 0.875 bits per heavy atom. The van der Waals surface area contributed by atoms with Gasteiger partial charge >= 0.3 is 12.1 Å². The van der Waals surface area contributed by atoms with Gasteiger partial charge in [0.2, 0.25) is 0 Å². The molecule has 8 nitrogen and oxygen atoms in total. The molecule has 0 bridgehead atoms. The van der Waals surface area contributed by atoms with Gasteiger partial charge in [-0.15, -0.1) is 0 Å². The zero-order valence-electron chi connectivity index (χ0n) is 19.9. The molecule has 4 rings (SSSR count). The first-order valence-corrected chi connectivity index (χ1v) is 14.1. The summed E-state index contributed by atoms with van der Waals surface area (Å²) in [7, 11) is 0. The van der Waals surface area contributed by atoms with E-state index in [2.05, 4.69) is 53.1 Å². The van der Waals surface area contributed by atoms with E-state index in [1.54, 1.807) is 36.4 Å². The number of phenols is 2. The maximum atomic E-state index is 11.9. The van der Waals surface area contributed by atoms with Gasteiger partial charge in [0.15, 0.2) is 11.5 Å². The number of hydrogen-bond donors (Lipinski definition) is 6. The molecule has 0 aliphatic carbocycles. The van der Waals surface area contributed by atoms with Crippen LogP contribution in [0.1, 0.15) is 0 Å². The first-order chi connectivity index (χ1) is 18.9. The Bertz CT molecular complexity index is 1440. The molecule has 0 unspecified atom stereocenters. The number of benzene rings is 4. The number of rotatable bonds is 4. The molecule has 0 radical (unpaired) electrons. The van der Waals surface area contributed by atoms with Gasteiger partial charge in [0, 0.05) is 19.0 Å². The lowest BCUT2D eigenvalue weighted by Crippen LogP contribution is -2.19. The van der Waals surface area contributed by atoms with E-state index in [0.29, 0.717) is 21.4 Å². The molecule has 0 spiro atoms. The molecule has 0 saturated carbocycles. The van der Waals surface area contributed by atoms with Crippen molar-refractivity contribution in [1.82, 2.24) is 0 Å². The van der Waals surface area contributed by atoms with Crippen LogP contribution in [0, 0.1) is 0 Å². The fourth-order valence-electron chi connectivity index (χ4n) is 3.00. The Hall–Kier alpha value is -2.86. The number of halogens is 6. The fourth-order valence-corrected chi connectivity index (χ4v) is 4.75. The molecule has 0 aromatic heterocycles. The smallest absolute Gasteiger partial charge is 0.323 e. The standard InChI is InChI=1S/2C13H9BrCl2N2O2/c2*14-8-3-1-2-4-10(8)17-13(20)18-11-6-7(15)5-9(16)12(11)19/h2*1-6,19H,(H2,17,18,20). The van der Waals surface area contributed by atoms with Gasteiger partial charge < -0.3 is 31.5 Å². The van der Waals surface area contributed by atoms with Crippen LogP contribution in [-0.2, 0) is 0 Å². The van der Waals surface area contributed by atoms with E-state index in [4.69, 9.17) is 46.4 Å². The Labute approximate surface area is 265 Å². The molecule has 0 atom stereocenters. The van der Waals surface area contributed by atoms with Crippen molar-refractivity contribution < 1.29 is 19.8 Å². The third-order valence-corrected chi connectivity index (χ3v) is 7.19. The second kappa shape index (κ2) is 14.7. The van der Waals surface area contributed by atoms with E-state index in [0.717, 1.165) is 8.95 Å². The molecule has 4 amide bonds. The second-order valence-electron chi connectivity index (χ2n) is 7.69. The number of para-hydroxylation sites is 2. The topological polar surface area (TPSA) is 123 Å². The van der Waals surface area contributed by atoms with E-state index >= 15 is 0 Å². The number of phenolic OH excluding ortho intramolecular Hbond substituents is 2. The lowest BCUT2D eigenvalue weighted by molar-refractivity contribution is 0.261. The zero-order valence-corrected chi connectivity index (χ0v) is 26.1. The Morgan fingerprint density at radius 3 is 1.23 bits per heavy atom. The molecule has 4 aromatic carbocycles. The summed E-state index contributed by atoms with van der Waals surface area (Å²) < 4.78 is 1.48. The number of hydrogen-bond acceptors (Lipinski definition) is 4. The van der Waals surface area contributed by atoms with Gasteiger partial charge in [-0.3, -0.25) is 0 Å². The van der Waals surface area contributed by atoms with E-state index in [1.807, 2.05) is 12.1 Å². The highest BCUT2D eigenvalue weighted by molar-refractivity contribution is 9.11. The summed E-state index contributed by atoms with van der Waals surface area (Å²) in [6, 6.07) is 18.8. The minimum atomic E-state index is -0.523. The maximum Gasteiger partial charge on any atom is 0.323 e. The van der Waals surface area contributed by atoms with Crippen molar-refractivity contribution in [3.63, 3.8) is 0 Å². The van der Waals surface area contributed by atoms with Crippen LogP contribution in [-0.4, -0.2) is 22.3 Å². The van der Waals surface area contributed by atoms with Crippen LogP contribution in [0.3, 0.4) is 0 Å². The van der Waals surface area contributed by atoms with Gasteiger partial charge in [-0.25, -0.2) is 9.59 Å². The molecule has 208 valence electrons. The van der Waals surface area contributed by atoms with Crippen molar-refractivity contribution in [2.45, 2.75) is 0 Å². The molecule has 0 aliphatic heterocycles. The average Bonchev–Trinajstić information content (AvgIpc) is 2.88. The first-order valence-electron chi connectivity index (χ1n) is 11.0. The highest BCUT2D eigenvalue weighted by Gasteiger charge is 2.13. The third-order valence-electron chi connectivity index (χ3n) is 4.80. The lowest BCUT2D eigenvalue weighted by Gasteiger charge is -2.11. The molecule has 0 saturated heterocycles. The van der Waals surface area contributed by atoms with Crippen LogP contribution in [0.15, 0.2) is 81.7 Å². The number of urea groups is 2. The van der Waals surface area contributed by atoms with E-state index in [-0.39, 0.29) is 32.9 Å². The minimum absolute atomic E-state index is 0.0636. The lowest BCUT2D eigenvalue weighted by atomic mass is 10.3. The van der Waals surface area contributed by atoms with Crippen LogP contribution in [0.5, 0.6) is 11.5 Å². The van der Waals surface area contributed by atoms with Crippen molar-refractivity contribution in [2.24, 2.45) is 0 Å². The van der Waals surface area contributed by atoms with Crippen molar-refractivity contribution in [1.29, 1.82) is 0 Å². The number of nitrogens with one attached hydrogen (secondary N) is 4. The Kier molecular flexibility index (Phi) is 11.6. The largest absolute Gasteiger partial charge is 0.504 e. The molecular weight excluding hydrogens is 734 g/mol. The van der Waals surface area contributed by atoms with Crippen LogP contribution in [0.2, 0.25) is 20.1 Å². The van der Waals surface area contributed by atoms with E-state index in [1.165, 1.54) is 24.3 Å². The van der Waals surface area contributed by atoms with Gasteiger partial charge in [-0.1, -0.05) is 70.7 Å². The summed E-state index contributed by atoms with van der Waals surface area (Å²) in [5, 5.41) is 30.5. The number of carbonyl (C=O) groups excluding carboxylic acids is 2. The molecule has 4 aromatic rings. The van der Waals surface area contributed by atoms with Crippen molar-refractivity contribution in [2.75, 3.05) is 21.3 Å². The number of carbonyl (C=O) groups is 2. The van der Waals surface area contributed by atoms with Gasteiger partial charge in [-0.05, 0) is 80.4 Å². The van der Waals surface area contributed by atoms with Gasteiger partial charge in [0.25, 0.3) is 0 Å². The summed E-state index contributed by atoms with van der Waals surface area (Å²) in [4.78, 5) is 23.7. The molecule has 0 aliphatic rings. The molecule has 6 N–H and O–H groups in total. The molecule has 0 fully saturated rings. The van der Waals surface area contributed by atoms with Crippen molar-refractivity contribution >= 4 is 113 Å². The number of aromatic hydroxyl groups is 2. The molecule has 14 heteroatoms. The maximum absolute atomic E-state index is 11.9. The summed E-state index contributed by atoms with van der Waals surface area (Å²) in [5.41, 5.74) is 1.45. The molecule has 0 heterocycles. The molecule has 40 heavy (non-hydrogen) atoms. The summed E-state index contributed by atoms with van der Waals surface area (Å²) in [6.07, 6.45) is 0. The van der Waals surface area contributed by atoms with Crippen LogP contribution < -0.4 is 21.3 Å². The fraction of sp³-hybridized carbons (Fsp3) is 0. The van der Waals surface area contributed by atoms with Crippen LogP contribution >= 0.6 is 78.3 Å². The summed E-state index contributed by atoms with van der Waals surface area (Å²) in [6.45, 7) is 0. The first kappa shape index (κ1) is 31.7. The number of anilines is 4. The predicted octanol–water partition coefficient (Wildman–Crippen LogP) is 10.2. The number of amides is 4. The van der Waals surface area contributed by atoms with Gasteiger partial charge in [-0.2, -0.15) is 0 Å². The van der Waals surface area contributed by atoms with Crippen LogP contribution in [0.25, 0.3) is 0 Å². The normalized spacial score (nSPS) is 10.2. The summed E-state index contributed by atoms with van der Waals surface area (Å²) >= 11 is 29.8. The zero-order chi connectivity index (χ0) is 29.4. The van der Waals surface area contributed by atoms with Gasteiger partial charge in [0.05, 0.1) is 32.8 Å². The monoisotopic (exact) mass is 748 g/mol. The SMILES string of the molecule is O=C(Nc1ccccc1Br)Nc1cc(Cl)cc(Cl)c1O.O=C(Nc1ccccc1Br)Nc1cc(Cl)cc(Cl)c1O. The minimum Gasteiger partial charge on any atom is -0.504 e. The Balaban J connectivity index is 0.000000220. The summed E-state index contributed by atoms with van der Waals surface area (Å²) in [5.74, 6) is -0.475. The highest BCUT2D eigenvalue weighted by Crippen LogP contribution is 2.36. The predicted molar refractivity (Wildman–Crippen MR) is 170 cm³/mol. The van der Waals surface area contributed by atoms with Crippen molar-refractivity contribution in [3.8, 4) is 11.5 Å². The quantitative estimate of drug-likeness (QED) is 0.116. The molecular formula is C26H18Br2Cl4N4O4. The highest BCUT2D eigenvalue weighted by atomic mass is 79.9. The van der Waals surface area contributed by atoms with E-state index in [9.17, 15) is 19.8 Å².